The van der Waals surface area contributed by atoms with E-state index < -0.39 is 16.1 Å². The van der Waals surface area contributed by atoms with Crippen molar-refractivity contribution in [3.63, 3.8) is 0 Å². The molecule has 1 aromatic carbocycles. The van der Waals surface area contributed by atoms with Crippen molar-refractivity contribution >= 4 is 26.9 Å². The van der Waals surface area contributed by atoms with Crippen LogP contribution in [0.1, 0.15) is 20.3 Å². The SMILES string of the molecule is CNC(=O)C(CC(C)C)NS(=O)(=O)c1cc2ccccc2o1. The van der Waals surface area contributed by atoms with Gasteiger partial charge in [-0.2, -0.15) is 4.72 Å². The van der Waals surface area contributed by atoms with Crippen LogP contribution in [-0.2, 0) is 14.8 Å². The Morgan fingerprint density at radius 3 is 2.55 bits per heavy atom. The van der Waals surface area contributed by atoms with E-state index >= 15 is 0 Å². The molecule has 1 atom stereocenters. The van der Waals surface area contributed by atoms with Gasteiger partial charge in [0.15, 0.2) is 0 Å². The lowest BCUT2D eigenvalue weighted by molar-refractivity contribution is -0.122. The molecule has 0 aliphatic rings. The summed E-state index contributed by atoms with van der Waals surface area (Å²) in [6, 6.07) is 7.65. The summed E-state index contributed by atoms with van der Waals surface area (Å²) >= 11 is 0. The smallest absolute Gasteiger partial charge is 0.274 e. The van der Waals surface area contributed by atoms with Crippen LogP contribution in [0.25, 0.3) is 11.0 Å². The van der Waals surface area contributed by atoms with E-state index in [0.717, 1.165) is 0 Å². The average Bonchev–Trinajstić information content (AvgIpc) is 2.89. The minimum atomic E-state index is -3.90. The van der Waals surface area contributed by atoms with E-state index in [9.17, 15) is 13.2 Å². The van der Waals surface area contributed by atoms with Crippen molar-refractivity contribution in [3.05, 3.63) is 30.3 Å². The van der Waals surface area contributed by atoms with E-state index in [2.05, 4.69) is 10.0 Å². The largest absolute Gasteiger partial charge is 0.443 e. The fourth-order valence-electron chi connectivity index (χ4n) is 2.19. The number of rotatable bonds is 6. The summed E-state index contributed by atoms with van der Waals surface area (Å²) in [5, 5.41) is 2.98. The Morgan fingerprint density at radius 1 is 1.27 bits per heavy atom. The molecule has 120 valence electrons. The first-order valence-corrected chi connectivity index (χ1v) is 8.54. The number of carbonyl (C=O) groups is 1. The molecule has 0 spiro atoms. The number of furan rings is 1. The van der Waals surface area contributed by atoms with Gasteiger partial charge in [0.05, 0.1) is 0 Å². The van der Waals surface area contributed by atoms with Crippen molar-refractivity contribution in [1.29, 1.82) is 0 Å². The van der Waals surface area contributed by atoms with Crippen LogP contribution < -0.4 is 10.0 Å². The van der Waals surface area contributed by atoms with Crippen LogP contribution in [0.2, 0.25) is 0 Å². The lowest BCUT2D eigenvalue weighted by Crippen LogP contribution is -2.46. The Bertz CT molecular complexity index is 732. The molecule has 2 aromatic rings. The van der Waals surface area contributed by atoms with Crippen molar-refractivity contribution in [2.75, 3.05) is 7.05 Å². The molecule has 0 fully saturated rings. The minimum absolute atomic E-state index is 0.167. The molecule has 1 aromatic heterocycles. The molecular formula is C15H20N2O4S. The number of amides is 1. The number of benzene rings is 1. The zero-order chi connectivity index (χ0) is 16.3. The topological polar surface area (TPSA) is 88.4 Å². The first-order valence-electron chi connectivity index (χ1n) is 7.06. The number of carbonyl (C=O) groups excluding carboxylic acids is 1. The van der Waals surface area contributed by atoms with Gasteiger partial charge in [-0.05, 0) is 18.4 Å². The van der Waals surface area contributed by atoms with Crippen LogP contribution in [0.5, 0.6) is 0 Å². The van der Waals surface area contributed by atoms with Gasteiger partial charge in [0, 0.05) is 18.5 Å². The zero-order valence-corrected chi connectivity index (χ0v) is 13.6. The Kier molecular flexibility index (Phi) is 4.87. The maximum absolute atomic E-state index is 12.4. The third-order valence-corrected chi connectivity index (χ3v) is 4.56. The fraction of sp³-hybridized carbons (Fsp3) is 0.400. The van der Waals surface area contributed by atoms with Crippen LogP contribution in [-0.4, -0.2) is 27.4 Å². The summed E-state index contributed by atoms with van der Waals surface area (Å²) in [5.74, 6) is -0.200. The molecule has 22 heavy (non-hydrogen) atoms. The van der Waals surface area contributed by atoms with Gasteiger partial charge in [0.2, 0.25) is 11.0 Å². The molecule has 2 N–H and O–H groups in total. The van der Waals surface area contributed by atoms with Gasteiger partial charge in [-0.15, -0.1) is 0 Å². The third-order valence-electron chi connectivity index (χ3n) is 3.24. The average molecular weight is 324 g/mol. The molecule has 0 saturated carbocycles. The molecule has 7 heteroatoms. The van der Waals surface area contributed by atoms with Crippen molar-refractivity contribution in [1.82, 2.24) is 10.0 Å². The van der Waals surface area contributed by atoms with Gasteiger partial charge < -0.3 is 9.73 Å². The standard InChI is InChI=1S/C15H20N2O4S/c1-10(2)8-12(15(18)16-3)17-22(19,20)14-9-11-6-4-5-7-13(11)21-14/h4-7,9-10,12,17H,8H2,1-3H3,(H,16,18). The van der Waals surface area contributed by atoms with E-state index in [1.807, 2.05) is 13.8 Å². The Hall–Kier alpha value is -1.86. The van der Waals surface area contributed by atoms with Crippen LogP contribution in [0.3, 0.4) is 0 Å². The van der Waals surface area contributed by atoms with Crippen molar-refractivity contribution in [2.45, 2.75) is 31.4 Å². The maximum atomic E-state index is 12.4. The van der Waals surface area contributed by atoms with E-state index in [0.29, 0.717) is 17.4 Å². The fourth-order valence-corrected chi connectivity index (χ4v) is 3.37. The molecule has 1 heterocycles. The van der Waals surface area contributed by atoms with Crippen LogP contribution in [0, 0.1) is 5.92 Å². The molecule has 0 saturated heterocycles. The molecule has 0 radical (unpaired) electrons. The second-order valence-electron chi connectivity index (χ2n) is 5.52. The molecule has 2 rings (SSSR count). The zero-order valence-electron chi connectivity index (χ0n) is 12.8. The van der Waals surface area contributed by atoms with E-state index in [4.69, 9.17) is 4.42 Å². The number of nitrogens with one attached hydrogen (secondary N) is 2. The third kappa shape index (κ3) is 3.66. The van der Waals surface area contributed by atoms with Gasteiger partial charge in [0.1, 0.15) is 11.6 Å². The van der Waals surface area contributed by atoms with Gasteiger partial charge in [-0.25, -0.2) is 8.42 Å². The molecular weight excluding hydrogens is 304 g/mol. The number of sulfonamides is 1. The predicted molar refractivity (Wildman–Crippen MR) is 83.8 cm³/mol. The highest BCUT2D eigenvalue weighted by molar-refractivity contribution is 7.89. The molecule has 1 unspecified atom stereocenters. The van der Waals surface area contributed by atoms with E-state index in [1.54, 1.807) is 24.3 Å². The number of para-hydroxylation sites is 1. The quantitative estimate of drug-likeness (QED) is 0.849. The van der Waals surface area contributed by atoms with Crippen molar-refractivity contribution in [3.8, 4) is 0 Å². The van der Waals surface area contributed by atoms with Crippen molar-refractivity contribution in [2.24, 2.45) is 5.92 Å². The number of likely N-dealkylation sites (N-methyl/N-ethyl adjacent to an activating group) is 1. The van der Waals surface area contributed by atoms with Gasteiger partial charge in [0.25, 0.3) is 10.0 Å². The summed E-state index contributed by atoms with van der Waals surface area (Å²) in [7, 11) is -2.42. The monoisotopic (exact) mass is 324 g/mol. The van der Waals surface area contributed by atoms with Crippen LogP contribution >= 0.6 is 0 Å². The normalized spacial score (nSPS) is 13.5. The highest BCUT2D eigenvalue weighted by atomic mass is 32.2. The Morgan fingerprint density at radius 2 is 1.95 bits per heavy atom. The molecule has 0 bridgehead atoms. The molecule has 1 amide bonds. The summed E-state index contributed by atoms with van der Waals surface area (Å²) in [5.41, 5.74) is 0.489. The Balaban J connectivity index is 2.29. The molecule has 6 nitrogen and oxygen atoms in total. The summed E-state index contributed by atoms with van der Waals surface area (Å²) < 4.78 is 32.6. The molecule has 0 aliphatic heterocycles. The highest BCUT2D eigenvalue weighted by Crippen LogP contribution is 2.22. The van der Waals surface area contributed by atoms with E-state index in [-0.39, 0.29) is 16.9 Å². The minimum Gasteiger partial charge on any atom is -0.443 e. The lowest BCUT2D eigenvalue weighted by atomic mass is 10.0. The number of hydrogen-bond acceptors (Lipinski definition) is 4. The second-order valence-corrected chi connectivity index (χ2v) is 7.17. The van der Waals surface area contributed by atoms with Gasteiger partial charge >= 0.3 is 0 Å². The van der Waals surface area contributed by atoms with Crippen LogP contribution in [0.4, 0.5) is 0 Å². The van der Waals surface area contributed by atoms with Gasteiger partial charge in [-0.3, -0.25) is 4.79 Å². The summed E-state index contributed by atoms with van der Waals surface area (Å²) in [4.78, 5) is 11.9. The first kappa shape index (κ1) is 16.5. The number of hydrogen-bond donors (Lipinski definition) is 2. The van der Waals surface area contributed by atoms with E-state index in [1.165, 1.54) is 13.1 Å². The maximum Gasteiger partial charge on any atom is 0.274 e. The number of fused-ring (bicyclic) bond motifs is 1. The summed E-state index contributed by atoms with van der Waals surface area (Å²) in [6.07, 6.45) is 0.402. The lowest BCUT2D eigenvalue weighted by Gasteiger charge is -2.18. The van der Waals surface area contributed by atoms with Gasteiger partial charge in [-0.1, -0.05) is 32.0 Å². The second kappa shape index (κ2) is 6.50. The predicted octanol–water partition coefficient (Wildman–Crippen LogP) is 1.87. The summed E-state index contributed by atoms with van der Waals surface area (Å²) in [6.45, 7) is 3.84. The van der Waals surface area contributed by atoms with Crippen molar-refractivity contribution < 1.29 is 17.6 Å². The Labute approximate surface area is 129 Å². The van der Waals surface area contributed by atoms with Crippen LogP contribution in [0.15, 0.2) is 39.8 Å². The molecule has 0 aliphatic carbocycles. The first-order chi connectivity index (χ1) is 10.3. The highest BCUT2D eigenvalue weighted by Gasteiger charge is 2.28.